The van der Waals surface area contributed by atoms with Crippen LogP contribution in [-0.2, 0) is 10.0 Å². The van der Waals surface area contributed by atoms with Gasteiger partial charge in [-0.15, -0.1) is 0 Å². The Morgan fingerprint density at radius 2 is 2.10 bits per heavy atom. The molecule has 5 N–H and O–H groups in total. The van der Waals surface area contributed by atoms with Crippen molar-refractivity contribution in [2.24, 2.45) is 0 Å². The molecule has 1 heterocycles. The Kier molecular flexibility index (Phi) is 3.93. The molecule has 20 heavy (non-hydrogen) atoms. The molecule has 2 rings (SSSR count). The molecule has 0 fully saturated rings. The van der Waals surface area contributed by atoms with Crippen molar-refractivity contribution in [1.29, 1.82) is 0 Å². The zero-order valence-electron chi connectivity index (χ0n) is 10.2. The van der Waals surface area contributed by atoms with Gasteiger partial charge >= 0.3 is 0 Å². The largest absolute Gasteiger partial charge is 0.399 e. The molecule has 0 spiro atoms. The highest BCUT2D eigenvalue weighted by atomic mass is 32.2. The first-order valence-electron chi connectivity index (χ1n) is 5.64. The van der Waals surface area contributed by atoms with Crippen molar-refractivity contribution in [3.05, 3.63) is 24.4 Å². The number of sulfonamides is 1. The number of aromatic nitrogens is 1. The van der Waals surface area contributed by atoms with Gasteiger partial charge in [0.1, 0.15) is 11.0 Å². The van der Waals surface area contributed by atoms with E-state index in [9.17, 15) is 17.2 Å². The number of aliphatic hydroxyl groups excluding tert-OH is 1. The maximum Gasteiger partial charge on any atom is 0.265 e. The summed E-state index contributed by atoms with van der Waals surface area (Å²) < 4.78 is 50.3. The van der Waals surface area contributed by atoms with E-state index in [4.69, 9.17) is 10.8 Å². The third-order valence-corrected chi connectivity index (χ3v) is 4.19. The summed E-state index contributed by atoms with van der Waals surface area (Å²) in [4.78, 5) is 2.64. The van der Waals surface area contributed by atoms with Gasteiger partial charge in [0.05, 0.1) is 0 Å². The minimum absolute atomic E-state index is 0.110. The Hall–Kier alpha value is -1.71. The van der Waals surface area contributed by atoms with Crippen LogP contribution in [0.5, 0.6) is 0 Å². The van der Waals surface area contributed by atoms with Crippen LogP contribution >= 0.6 is 0 Å². The van der Waals surface area contributed by atoms with Gasteiger partial charge in [-0.05, 0) is 18.2 Å². The minimum Gasteiger partial charge on any atom is -0.399 e. The number of nitrogens with one attached hydrogen (secondary N) is 2. The highest BCUT2D eigenvalue weighted by Gasteiger charge is 2.23. The third kappa shape index (κ3) is 2.89. The summed E-state index contributed by atoms with van der Waals surface area (Å²) in [5.41, 5.74) is 6.51. The first-order valence-corrected chi connectivity index (χ1v) is 7.12. The number of nitrogens with two attached hydrogens (primary N) is 1. The summed E-state index contributed by atoms with van der Waals surface area (Å²) in [5, 5.41) is 9.29. The Labute approximate surface area is 113 Å². The molecule has 0 aliphatic carbocycles. The number of alkyl halides is 2. The summed E-state index contributed by atoms with van der Waals surface area (Å²) in [6, 6.07) is 4.67. The number of anilines is 1. The molecule has 0 aliphatic heterocycles. The molecular weight excluding hydrogens is 292 g/mol. The van der Waals surface area contributed by atoms with Crippen LogP contribution in [0.25, 0.3) is 10.9 Å². The van der Waals surface area contributed by atoms with Crippen molar-refractivity contribution in [2.75, 3.05) is 12.3 Å². The number of aliphatic hydroxyl groups is 1. The second-order valence-corrected chi connectivity index (χ2v) is 5.95. The van der Waals surface area contributed by atoms with E-state index >= 15 is 0 Å². The molecule has 2 aromatic rings. The highest BCUT2D eigenvalue weighted by molar-refractivity contribution is 7.89. The van der Waals surface area contributed by atoms with Crippen LogP contribution in [0.1, 0.15) is 0 Å². The van der Waals surface area contributed by atoms with E-state index in [1.54, 1.807) is 12.1 Å². The highest BCUT2D eigenvalue weighted by Crippen LogP contribution is 2.24. The normalized spacial score (nSPS) is 14.0. The Morgan fingerprint density at radius 1 is 1.40 bits per heavy atom. The summed E-state index contributed by atoms with van der Waals surface area (Å²) in [6.45, 7) is -0.769. The number of aromatic amines is 1. The zero-order chi connectivity index (χ0) is 14.9. The van der Waals surface area contributed by atoms with Crippen LogP contribution in [0, 0.1) is 0 Å². The number of hydrogen-bond donors (Lipinski definition) is 4. The van der Waals surface area contributed by atoms with Gasteiger partial charge in [0, 0.05) is 29.3 Å². The Morgan fingerprint density at radius 3 is 2.75 bits per heavy atom. The molecular formula is C11H13F2N3O3S. The van der Waals surface area contributed by atoms with E-state index < -0.39 is 29.1 Å². The number of fused-ring (bicyclic) bond motifs is 1. The number of H-pyrrole nitrogens is 1. The first kappa shape index (κ1) is 14.7. The predicted octanol–water partition coefficient (Wildman–Crippen LogP) is 0.654. The van der Waals surface area contributed by atoms with Crippen LogP contribution < -0.4 is 10.5 Å². The maximum atomic E-state index is 12.1. The van der Waals surface area contributed by atoms with Gasteiger partial charge in [-0.2, -0.15) is 0 Å². The Bertz CT molecular complexity index is 715. The number of nitrogen functional groups attached to an aromatic ring is 1. The number of benzene rings is 1. The van der Waals surface area contributed by atoms with Crippen molar-refractivity contribution in [1.82, 2.24) is 9.71 Å². The second kappa shape index (κ2) is 5.35. The maximum absolute atomic E-state index is 12.1. The molecule has 1 aromatic heterocycles. The molecule has 1 aromatic carbocycles. The molecule has 0 aliphatic rings. The van der Waals surface area contributed by atoms with Crippen LogP contribution in [-0.4, -0.2) is 37.6 Å². The van der Waals surface area contributed by atoms with Gasteiger partial charge in [-0.25, -0.2) is 21.9 Å². The van der Waals surface area contributed by atoms with Crippen molar-refractivity contribution in [3.8, 4) is 0 Å². The Balaban J connectivity index is 2.30. The molecule has 6 nitrogen and oxygen atoms in total. The van der Waals surface area contributed by atoms with Gasteiger partial charge in [0.15, 0.2) is 0 Å². The molecule has 1 unspecified atom stereocenters. The monoisotopic (exact) mass is 305 g/mol. The van der Waals surface area contributed by atoms with Crippen LogP contribution in [0.15, 0.2) is 29.3 Å². The van der Waals surface area contributed by atoms with Gasteiger partial charge in [0.2, 0.25) is 10.0 Å². The smallest absolute Gasteiger partial charge is 0.265 e. The first-order chi connectivity index (χ1) is 9.31. The summed E-state index contributed by atoms with van der Waals surface area (Å²) >= 11 is 0. The quantitative estimate of drug-likeness (QED) is 0.608. The molecule has 0 bridgehead atoms. The molecule has 0 saturated heterocycles. The lowest BCUT2D eigenvalue weighted by Crippen LogP contribution is -2.35. The lowest BCUT2D eigenvalue weighted by molar-refractivity contribution is -0.000449. The van der Waals surface area contributed by atoms with Crippen LogP contribution in [0.4, 0.5) is 14.5 Å². The SMILES string of the molecule is Nc1ccc2[nH]cc(S(=O)(=O)NCC(O)C(F)F)c2c1. The lowest BCUT2D eigenvalue weighted by Gasteiger charge is -2.10. The van der Waals surface area contributed by atoms with E-state index in [1.807, 2.05) is 4.72 Å². The number of rotatable bonds is 5. The van der Waals surface area contributed by atoms with E-state index in [2.05, 4.69) is 4.98 Å². The minimum atomic E-state index is -4.02. The zero-order valence-corrected chi connectivity index (χ0v) is 11.0. The van der Waals surface area contributed by atoms with Gasteiger partial charge in [0.25, 0.3) is 6.43 Å². The fraction of sp³-hybridized carbons (Fsp3) is 0.273. The predicted molar refractivity (Wildman–Crippen MR) is 69.9 cm³/mol. The molecule has 0 amide bonds. The van der Waals surface area contributed by atoms with Crippen molar-refractivity contribution in [2.45, 2.75) is 17.4 Å². The van der Waals surface area contributed by atoms with E-state index in [0.717, 1.165) is 0 Å². The summed E-state index contributed by atoms with van der Waals surface area (Å²) in [6.07, 6.45) is -3.84. The standard InChI is InChI=1S/C11H13F2N3O3S/c12-11(13)9(17)4-16-20(18,19)10-5-15-8-2-1-6(14)3-7(8)10/h1-3,5,9,11,15-17H,4,14H2. The van der Waals surface area contributed by atoms with E-state index in [0.29, 0.717) is 16.6 Å². The van der Waals surface area contributed by atoms with Crippen molar-refractivity contribution >= 4 is 26.6 Å². The van der Waals surface area contributed by atoms with Gasteiger partial charge in [-0.3, -0.25) is 0 Å². The third-order valence-electron chi connectivity index (χ3n) is 2.73. The molecule has 9 heteroatoms. The van der Waals surface area contributed by atoms with E-state index in [-0.39, 0.29) is 4.90 Å². The average Bonchev–Trinajstić information content (AvgIpc) is 2.79. The average molecular weight is 305 g/mol. The molecule has 0 radical (unpaired) electrons. The fourth-order valence-corrected chi connectivity index (χ4v) is 2.92. The topological polar surface area (TPSA) is 108 Å². The molecule has 1 atom stereocenters. The second-order valence-electron chi connectivity index (χ2n) is 4.21. The van der Waals surface area contributed by atoms with Crippen molar-refractivity contribution in [3.63, 3.8) is 0 Å². The fourth-order valence-electron chi connectivity index (χ4n) is 1.70. The molecule has 110 valence electrons. The number of halogens is 2. The summed E-state index contributed by atoms with van der Waals surface area (Å²) in [5.74, 6) is 0. The lowest BCUT2D eigenvalue weighted by atomic mass is 10.2. The molecule has 0 saturated carbocycles. The van der Waals surface area contributed by atoms with E-state index in [1.165, 1.54) is 12.3 Å². The van der Waals surface area contributed by atoms with Crippen LogP contribution in [0.2, 0.25) is 0 Å². The van der Waals surface area contributed by atoms with Crippen molar-refractivity contribution < 1.29 is 22.3 Å². The van der Waals surface area contributed by atoms with Gasteiger partial charge in [-0.1, -0.05) is 0 Å². The van der Waals surface area contributed by atoms with Crippen LogP contribution in [0.3, 0.4) is 0 Å². The summed E-state index contributed by atoms with van der Waals surface area (Å²) in [7, 11) is -4.02. The number of hydrogen-bond acceptors (Lipinski definition) is 4. The van der Waals surface area contributed by atoms with Gasteiger partial charge < -0.3 is 15.8 Å².